The molecule has 0 saturated carbocycles. The lowest BCUT2D eigenvalue weighted by molar-refractivity contribution is -0.159. The summed E-state index contributed by atoms with van der Waals surface area (Å²) >= 11 is 0. The van der Waals surface area contributed by atoms with E-state index in [1.807, 2.05) is 30.3 Å². The Morgan fingerprint density at radius 2 is 1.93 bits per heavy atom. The molecule has 1 saturated heterocycles. The second-order valence-corrected chi connectivity index (χ2v) is 6.13. The van der Waals surface area contributed by atoms with E-state index >= 15 is 0 Å². The first-order chi connectivity index (χ1) is 12.9. The fourth-order valence-electron chi connectivity index (χ4n) is 2.95. The van der Waals surface area contributed by atoms with Gasteiger partial charge in [-0.1, -0.05) is 40.6 Å². The van der Waals surface area contributed by atoms with Crippen molar-refractivity contribution in [3.63, 3.8) is 0 Å². The number of carbonyl (C=O) groups excluding carboxylic acids is 1. The van der Waals surface area contributed by atoms with Gasteiger partial charge in [-0.3, -0.25) is 4.79 Å². The SMILES string of the molecule is O=C(c1cc(-c2ccccc2)on1)N1CC[C@@H](c2noc(C(F)(F)F)n2)C1. The van der Waals surface area contributed by atoms with Crippen molar-refractivity contribution >= 4 is 5.91 Å². The normalized spacial score (nSPS) is 17.4. The van der Waals surface area contributed by atoms with E-state index in [0.717, 1.165) is 5.56 Å². The number of alkyl halides is 3. The van der Waals surface area contributed by atoms with Crippen molar-refractivity contribution in [2.45, 2.75) is 18.5 Å². The summed E-state index contributed by atoms with van der Waals surface area (Å²) in [5.74, 6) is -1.76. The average Bonchev–Trinajstić information content (AvgIpc) is 3.40. The van der Waals surface area contributed by atoms with Gasteiger partial charge in [0.05, 0.1) is 0 Å². The molecule has 140 valence electrons. The highest BCUT2D eigenvalue weighted by Crippen LogP contribution is 2.31. The molecule has 1 aromatic carbocycles. The molecule has 3 aromatic rings. The first kappa shape index (κ1) is 17.3. The number of nitrogens with zero attached hydrogens (tertiary/aromatic N) is 4. The Bertz CT molecular complexity index is 952. The predicted octanol–water partition coefficient (Wildman–Crippen LogP) is 3.37. The molecule has 27 heavy (non-hydrogen) atoms. The van der Waals surface area contributed by atoms with Gasteiger partial charge in [0.1, 0.15) is 0 Å². The molecule has 1 atom stereocenters. The van der Waals surface area contributed by atoms with Crippen LogP contribution >= 0.6 is 0 Å². The van der Waals surface area contributed by atoms with Gasteiger partial charge in [0, 0.05) is 30.6 Å². The van der Waals surface area contributed by atoms with Crippen LogP contribution in [0.1, 0.15) is 34.5 Å². The van der Waals surface area contributed by atoms with Crippen LogP contribution in [-0.2, 0) is 6.18 Å². The monoisotopic (exact) mass is 378 g/mol. The van der Waals surface area contributed by atoms with Gasteiger partial charge in [0.15, 0.2) is 17.3 Å². The molecule has 2 aromatic heterocycles. The Labute approximate surface area is 150 Å². The van der Waals surface area contributed by atoms with Crippen LogP contribution in [0.15, 0.2) is 45.4 Å². The number of benzene rings is 1. The molecule has 0 bridgehead atoms. The number of likely N-dealkylation sites (tertiary alicyclic amines) is 1. The van der Waals surface area contributed by atoms with Crippen molar-refractivity contribution in [3.8, 4) is 11.3 Å². The van der Waals surface area contributed by atoms with E-state index in [2.05, 4.69) is 19.8 Å². The minimum Gasteiger partial charge on any atom is -0.355 e. The first-order valence-electron chi connectivity index (χ1n) is 8.14. The Morgan fingerprint density at radius 1 is 1.15 bits per heavy atom. The number of hydrogen-bond donors (Lipinski definition) is 0. The quantitative estimate of drug-likeness (QED) is 0.695. The third-order valence-electron chi connectivity index (χ3n) is 4.31. The maximum atomic E-state index is 12.6. The minimum atomic E-state index is -4.69. The van der Waals surface area contributed by atoms with E-state index in [1.54, 1.807) is 6.07 Å². The smallest absolute Gasteiger partial charge is 0.355 e. The molecule has 3 heterocycles. The molecule has 0 radical (unpaired) electrons. The summed E-state index contributed by atoms with van der Waals surface area (Å²) in [6, 6.07) is 10.7. The van der Waals surface area contributed by atoms with Crippen molar-refractivity contribution in [1.29, 1.82) is 0 Å². The lowest BCUT2D eigenvalue weighted by Crippen LogP contribution is -2.28. The van der Waals surface area contributed by atoms with Crippen LogP contribution < -0.4 is 0 Å². The van der Waals surface area contributed by atoms with Crippen LogP contribution in [0.25, 0.3) is 11.3 Å². The molecule has 1 aliphatic rings. The number of carbonyl (C=O) groups is 1. The van der Waals surface area contributed by atoms with E-state index in [4.69, 9.17) is 4.52 Å². The number of halogens is 3. The summed E-state index contributed by atoms with van der Waals surface area (Å²) in [6.07, 6.45) is -4.25. The third kappa shape index (κ3) is 3.42. The number of rotatable bonds is 3. The van der Waals surface area contributed by atoms with E-state index < -0.39 is 18.0 Å². The zero-order valence-electron chi connectivity index (χ0n) is 13.8. The molecule has 0 unspecified atom stereocenters. The van der Waals surface area contributed by atoms with E-state index in [1.165, 1.54) is 4.90 Å². The van der Waals surface area contributed by atoms with Crippen molar-refractivity contribution in [2.75, 3.05) is 13.1 Å². The molecular formula is C17H13F3N4O3. The summed E-state index contributed by atoms with van der Waals surface area (Å²) in [7, 11) is 0. The van der Waals surface area contributed by atoms with Crippen LogP contribution in [-0.4, -0.2) is 39.2 Å². The fraction of sp³-hybridized carbons (Fsp3) is 0.294. The van der Waals surface area contributed by atoms with Crippen LogP contribution in [0.4, 0.5) is 13.2 Å². The Hall–Kier alpha value is -3.17. The lowest BCUT2D eigenvalue weighted by Gasteiger charge is -2.13. The van der Waals surface area contributed by atoms with Crippen molar-refractivity contribution in [3.05, 3.63) is 53.8 Å². The number of amides is 1. The second kappa shape index (κ2) is 6.53. The maximum absolute atomic E-state index is 12.6. The standard InChI is InChI=1S/C17H13F3N4O3/c18-17(19,20)16-21-14(23-27-16)11-6-7-24(9-11)15(25)12-8-13(26-22-12)10-4-2-1-3-5-10/h1-5,8,11H,6-7,9H2/t11-/m1/s1. The molecule has 7 nitrogen and oxygen atoms in total. The largest absolute Gasteiger partial charge is 0.471 e. The Morgan fingerprint density at radius 3 is 2.63 bits per heavy atom. The Balaban J connectivity index is 1.45. The van der Waals surface area contributed by atoms with Gasteiger partial charge in [-0.05, 0) is 6.42 Å². The first-order valence-corrected chi connectivity index (χ1v) is 8.14. The van der Waals surface area contributed by atoms with E-state index in [-0.39, 0.29) is 24.0 Å². The third-order valence-corrected chi connectivity index (χ3v) is 4.31. The molecule has 1 aliphatic heterocycles. The highest BCUT2D eigenvalue weighted by Gasteiger charge is 2.40. The molecular weight excluding hydrogens is 365 g/mol. The molecule has 1 amide bonds. The number of hydrogen-bond acceptors (Lipinski definition) is 6. The summed E-state index contributed by atoms with van der Waals surface area (Å²) < 4.78 is 47.2. The average molecular weight is 378 g/mol. The van der Waals surface area contributed by atoms with Crippen LogP contribution in [0, 0.1) is 0 Å². The van der Waals surface area contributed by atoms with Gasteiger partial charge in [-0.15, -0.1) is 0 Å². The van der Waals surface area contributed by atoms with Crippen molar-refractivity contribution < 1.29 is 27.0 Å². The summed E-state index contributed by atoms with van der Waals surface area (Å²) in [5, 5.41) is 7.20. The van der Waals surface area contributed by atoms with Gasteiger partial charge in [0.2, 0.25) is 0 Å². The topological polar surface area (TPSA) is 85.3 Å². The van der Waals surface area contributed by atoms with Crippen molar-refractivity contribution in [1.82, 2.24) is 20.2 Å². The molecule has 0 spiro atoms. The van der Waals surface area contributed by atoms with Gasteiger partial charge in [-0.2, -0.15) is 18.2 Å². The molecule has 1 fully saturated rings. The van der Waals surface area contributed by atoms with Crippen LogP contribution in [0.3, 0.4) is 0 Å². The Kier molecular flexibility index (Phi) is 4.17. The second-order valence-electron chi connectivity index (χ2n) is 6.13. The zero-order valence-corrected chi connectivity index (χ0v) is 13.8. The highest BCUT2D eigenvalue weighted by molar-refractivity contribution is 5.93. The van der Waals surface area contributed by atoms with E-state index in [0.29, 0.717) is 18.7 Å². The molecule has 0 N–H and O–H groups in total. The predicted molar refractivity (Wildman–Crippen MR) is 84.5 cm³/mol. The van der Waals surface area contributed by atoms with Crippen molar-refractivity contribution in [2.24, 2.45) is 0 Å². The van der Waals surface area contributed by atoms with Gasteiger partial charge < -0.3 is 13.9 Å². The van der Waals surface area contributed by atoms with Gasteiger partial charge >= 0.3 is 12.1 Å². The summed E-state index contributed by atoms with van der Waals surface area (Å²) in [5.41, 5.74) is 0.924. The van der Waals surface area contributed by atoms with Gasteiger partial charge in [-0.25, -0.2) is 0 Å². The lowest BCUT2D eigenvalue weighted by atomic mass is 10.1. The highest BCUT2D eigenvalue weighted by atomic mass is 19.4. The fourth-order valence-corrected chi connectivity index (χ4v) is 2.95. The molecule has 10 heteroatoms. The maximum Gasteiger partial charge on any atom is 0.471 e. The van der Waals surface area contributed by atoms with E-state index in [9.17, 15) is 18.0 Å². The zero-order chi connectivity index (χ0) is 19.0. The van der Waals surface area contributed by atoms with Gasteiger partial charge in [0.25, 0.3) is 5.91 Å². The minimum absolute atomic E-state index is 0.0530. The summed E-state index contributed by atoms with van der Waals surface area (Å²) in [6.45, 7) is 0.538. The number of aromatic nitrogens is 3. The van der Waals surface area contributed by atoms with Crippen LogP contribution in [0.2, 0.25) is 0 Å². The summed E-state index contributed by atoms with van der Waals surface area (Å²) in [4.78, 5) is 17.5. The van der Waals surface area contributed by atoms with Crippen LogP contribution in [0.5, 0.6) is 0 Å². The molecule has 0 aliphatic carbocycles. The molecule has 4 rings (SSSR count).